The maximum absolute atomic E-state index is 11.7. The fourth-order valence-electron chi connectivity index (χ4n) is 1.35. The molecule has 18 heavy (non-hydrogen) atoms. The van der Waals surface area contributed by atoms with Gasteiger partial charge in [0, 0.05) is 19.2 Å². The largest absolute Gasteiger partial charge is 0.382 e. The molecule has 0 saturated heterocycles. The number of hydrogen-bond acceptors (Lipinski definition) is 5. The fourth-order valence-corrected chi connectivity index (χ4v) is 1.35. The second-order valence-corrected chi connectivity index (χ2v) is 4.98. The highest BCUT2D eigenvalue weighted by Crippen LogP contribution is 2.06. The minimum absolute atomic E-state index is 0.144. The monoisotopic (exact) mass is 254 g/mol. The van der Waals surface area contributed by atoms with Gasteiger partial charge in [-0.1, -0.05) is 0 Å². The van der Waals surface area contributed by atoms with E-state index in [0.29, 0.717) is 31.9 Å². The van der Waals surface area contributed by atoms with Gasteiger partial charge in [0.2, 0.25) is 0 Å². The van der Waals surface area contributed by atoms with E-state index in [1.165, 1.54) is 10.7 Å². The van der Waals surface area contributed by atoms with E-state index in [0.717, 1.165) is 0 Å². The van der Waals surface area contributed by atoms with Crippen LogP contribution in [-0.2, 0) is 11.3 Å². The zero-order chi connectivity index (χ0) is 13.6. The number of nitrogens with zero attached hydrogens (tertiary/aromatic N) is 2. The Balaban J connectivity index is 2.55. The molecule has 0 unspecified atom stereocenters. The minimum Gasteiger partial charge on any atom is -0.382 e. The predicted molar refractivity (Wildman–Crippen MR) is 71.7 cm³/mol. The maximum Gasteiger partial charge on any atom is 0.268 e. The van der Waals surface area contributed by atoms with Crippen LogP contribution in [0.1, 0.15) is 20.8 Å². The zero-order valence-corrected chi connectivity index (χ0v) is 11.3. The zero-order valence-electron chi connectivity index (χ0n) is 11.3. The van der Waals surface area contributed by atoms with Gasteiger partial charge in [-0.25, -0.2) is 4.68 Å². The number of hydrogen-bond donors (Lipinski definition) is 2. The van der Waals surface area contributed by atoms with E-state index in [9.17, 15) is 4.79 Å². The van der Waals surface area contributed by atoms with Crippen molar-refractivity contribution in [3.05, 3.63) is 22.6 Å². The molecule has 0 aromatic carbocycles. The summed E-state index contributed by atoms with van der Waals surface area (Å²) < 4.78 is 6.94. The lowest BCUT2D eigenvalue weighted by Gasteiger charge is -2.19. The SMILES string of the molecule is CC(C)(C)OCCn1ncc(NCCN)cc1=O. The summed E-state index contributed by atoms with van der Waals surface area (Å²) in [6, 6.07) is 1.51. The summed E-state index contributed by atoms with van der Waals surface area (Å²) in [5, 5.41) is 7.08. The molecule has 1 aromatic heterocycles. The molecule has 0 spiro atoms. The van der Waals surface area contributed by atoms with Gasteiger partial charge in [0.15, 0.2) is 0 Å². The first-order valence-corrected chi connectivity index (χ1v) is 6.07. The normalized spacial score (nSPS) is 11.6. The van der Waals surface area contributed by atoms with E-state index < -0.39 is 0 Å². The van der Waals surface area contributed by atoms with Crippen LogP contribution in [0.5, 0.6) is 0 Å². The average molecular weight is 254 g/mol. The van der Waals surface area contributed by atoms with Gasteiger partial charge in [-0.2, -0.15) is 5.10 Å². The van der Waals surface area contributed by atoms with Crippen LogP contribution in [0, 0.1) is 0 Å². The fraction of sp³-hybridized carbons (Fsp3) is 0.667. The number of aromatic nitrogens is 2. The molecule has 0 amide bonds. The standard InChI is InChI=1S/C12H22N4O2/c1-12(2,3)18-7-6-16-11(17)8-10(9-15-16)14-5-4-13/h8-9,14H,4-7,13H2,1-3H3. The average Bonchev–Trinajstić information content (AvgIpc) is 2.27. The molecule has 1 rings (SSSR count). The summed E-state index contributed by atoms with van der Waals surface area (Å²) in [6.07, 6.45) is 1.62. The lowest BCUT2D eigenvalue weighted by atomic mass is 10.2. The Morgan fingerprint density at radius 1 is 1.50 bits per heavy atom. The first kappa shape index (κ1) is 14.7. The first-order valence-electron chi connectivity index (χ1n) is 6.07. The number of anilines is 1. The van der Waals surface area contributed by atoms with Crippen molar-refractivity contribution in [3.63, 3.8) is 0 Å². The van der Waals surface area contributed by atoms with Crippen LogP contribution in [-0.4, -0.2) is 35.1 Å². The molecule has 1 aromatic rings. The molecule has 3 N–H and O–H groups in total. The second-order valence-electron chi connectivity index (χ2n) is 4.98. The molecule has 6 heteroatoms. The number of nitrogens with two attached hydrogens (primary N) is 1. The van der Waals surface area contributed by atoms with Gasteiger partial charge >= 0.3 is 0 Å². The lowest BCUT2D eigenvalue weighted by molar-refractivity contribution is -0.00835. The molecular formula is C12H22N4O2. The Morgan fingerprint density at radius 3 is 2.78 bits per heavy atom. The third kappa shape index (κ3) is 5.29. The van der Waals surface area contributed by atoms with Gasteiger partial charge in [-0.05, 0) is 20.8 Å². The van der Waals surface area contributed by atoms with Gasteiger partial charge in [-0.3, -0.25) is 4.79 Å². The van der Waals surface area contributed by atoms with E-state index in [1.807, 2.05) is 20.8 Å². The van der Waals surface area contributed by atoms with Crippen LogP contribution >= 0.6 is 0 Å². The minimum atomic E-state index is -0.202. The van der Waals surface area contributed by atoms with E-state index in [4.69, 9.17) is 10.5 Å². The quantitative estimate of drug-likeness (QED) is 0.769. The molecule has 0 atom stereocenters. The molecule has 102 valence electrons. The highest BCUT2D eigenvalue weighted by atomic mass is 16.5. The molecule has 6 nitrogen and oxygen atoms in total. The van der Waals surface area contributed by atoms with E-state index in [2.05, 4.69) is 10.4 Å². The Morgan fingerprint density at radius 2 is 2.22 bits per heavy atom. The molecule has 0 aliphatic carbocycles. The Hall–Kier alpha value is -1.40. The van der Waals surface area contributed by atoms with Crippen LogP contribution in [0.3, 0.4) is 0 Å². The lowest BCUT2D eigenvalue weighted by Crippen LogP contribution is -2.28. The Bertz CT molecular complexity index is 423. The van der Waals surface area contributed by atoms with Crippen molar-refractivity contribution in [2.24, 2.45) is 5.73 Å². The van der Waals surface area contributed by atoms with Crippen LogP contribution in [0.25, 0.3) is 0 Å². The summed E-state index contributed by atoms with van der Waals surface area (Å²) in [4.78, 5) is 11.7. The molecule has 0 radical (unpaired) electrons. The highest BCUT2D eigenvalue weighted by molar-refractivity contribution is 5.38. The number of ether oxygens (including phenoxy) is 1. The summed E-state index contributed by atoms with van der Waals surface area (Å²) in [6.45, 7) is 7.98. The van der Waals surface area contributed by atoms with Gasteiger partial charge in [0.25, 0.3) is 5.56 Å². The smallest absolute Gasteiger partial charge is 0.268 e. The predicted octanol–water partition coefficient (Wildman–Crippen LogP) is 0.429. The van der Waals surface area contributed by atoms with E-state index >= 15 is 0 Å². The molecular weight excluding hydrogens is 232 g/mol. The van der Waals surface area contributed by atoms with Gasteiger partial charge in [0.1, 0.15) is 0 Å². The van der Waals surface area contributed by atoms with E-state index in [1.54, 1.807) is 6.20 Å². The van der Waals surface area contributed by atoms with Crippen LogP contribution in [0.4, 0.5) is 5.69 Å². The van der Waals surface area contributed by atoms with Crippen molar-refractivity contribution >= 4 is 5.69 Å². The summed E-state index contributed by atoms with van der Waals surface area (Å²) in [7, 11) is 0. The number of nitrogens with one attached hydrogen (secondary N) is 1. The topological polar surface area (TPSA) is 82.2 Å². The van der Waals surface area contributed by atoms with Gasteiger partial charge in [0.05, 0.1) is 30.6 Å². The van der Waals surface area contributed by atoms with Crippen LogP contribution in [0.2, 0.25) is 0 Å². The maximum atomic E-state index is 11.7. The van der Waals surface area contributed by atoms with Gasteiger partial charge < -0.3 is 15.8 Å². The van der Waals surface area contributed by atoms with Crippen LogP contribution in [0.15, 0.2) is 17.1 Å². The molecule has 1 heterocycles. The molecule has 0 bridgehead atoms. The van der Waals surface area contributed by atoms with Crippen molar-refractivity contribution in [2.45, 2.75) is 32.9 Å². The first-order chi connectivity index (χ1) is 8.42. The Kier molecular flexibility index (Phi) is 5.30. The van der Waals surface area contributed by atoms with Gasteiger partial charge in [-0.15, -0.1) is 0 Å². The van der Waals surface area contributed by atoms with Crippen molar-refractivity contribution < 1.29 is 4.74 Å². The third-order valence-electron chi connectivity index (χ3n) is 2.18. The van der Waals surface area contributed by atoms with Crippen molar-refractivity contribution in [1.82, 2.24) is 9.78 Å². The molecule has 0 aliphatic rings. The van der Waals surface area contributed by atoms with Crippen molar-refractivity contribution in [3.8, 4) is 0 Å². The summed E-state index contributed by atoms with van der Waals surface area (Å²) in [5.74, 6) is 0. The molecule has 0 fully saturated rings. The second kappa shape index (κ2) is 6.51. The van der Waals surface area contributed by atoms with E-state index in [-0.39, 0.29) is 11.2 Å². The van der Waals surface area contributed by atoms with Crippen molar-refractivity contribution in [1.29, 1.82) is 0 Å². The van der Waals surface area contributed by atoms with Crippen molar-refractivity contribution in [2.75, 3.05) is 25.0 Å². The molecule has 0 saturated carbocycles. The third-order valence-corrected chi connectivity index (χ3v) is 2.18. The summed E-state index contributed by atoms with van der Waals surface area (Å²) >= 11 is 0. The Labute approximate surface area is 107 Å². The highest BCUT2D eigenvalue weighted by Gasteiger charge is 2.09. The number of rotatable bonds is 6. The summed E-state index contributed by atoms with van der Waals surface area (Å²) in [5.41, 5.74) is 5.71. The molecule has 0 aliphatic heterocycles. The van der Waals surface area contributed by atoms with Crippen LogP contribution < -0.4 is 16.6 Å².